The predicted octanol–water partition coefficient (Wildman–Crippen LogP) is 1.51. The Bertz CT molecular complexity index is 354. The highest BCUT2D eigenvalue weighted by molar-refractivity contribution is 6.57. The SMILES string of the molecule is N#CCCCc1cn(C[B-](F)(F)F)nn1. The largest absolute Gasteiger partial charge is 0.499 e. The van der Waals surface area contributed by atoms with E-state index in [4.69, 9.17) is 5.26 Å². The van der Waals surface area contributed by atoms with E-state index in [1.54, 1.807) is 0 Å². The van der Waals surface area contributed by atoms with Gasteiger partial charge in [-0.1, -0.05) is 5.21 Å². The van der Waals surface area contributed by atoms with E-state index >= 15 is 0 Å². The fraction of sp³-hybridized carbons (Fsp3) is 0.571. The summed E-state index contributed by atoms with van der Waals surface area (Å²) in [6.07, 6.45) is 1.65. The molecule has 0 aliphatic carbocycles. The van der Waals surface area contributed by atoms with Gasteiger partial charge < -0.3 is 12.9 Å². The minimum absolute atomic E-state index is 0.371. The van der Waals surface area contributed by atoms with Gasteiger partial charge in [-0.3, -0.25) is 4.68 Å². The first-order chi connectivity index (χ1) is 7.01. The van der Waals surface area contributed by atoms with E-state index in [9.17, 15) is 12.9 Å². The minimum Gasteiger partial charge on any atom is -0.448 e. The Morgan fingerprint density at radius 2 is 2.20 bits per heavy atom. The van der Waals surface area contributed by atoms with Crippen molar-refractivity contribution >= 4 is 6.98 Å². The van der Waals surface area contributed by atoms with Crippen molar-refractivity contribution in [2.75, 3.05) is 0 Å². The zero-order valence-corrected chi connectivity index (χ0v) is 7.91. The highest BCUT2D eigenvalue weighted by atomic mass is 19.4. The third-order valence-electron chi connectivity index (χ3n) is 1.70. The molecule has 0 radical (unpaired) electrons. The van der Waals surface area contributed by atoms with Crippen molar-refractivity contribution < 1.29 is 12.9 Å². The van der Waals surface area contributed by atoms with Crippen LogP contribution < -0.4 is 0 Å². The van der Waals surface area contributed by atoms with Gasteiger partial charge in [-0.15, -0.1) is 5.10 Å². The van der Waals surface area contributed by atoms with Crippen molar-refractivity contribution in [3.63, 3.8) is 0 Å². The molecule has 0 amide bonds. The summed E-state index contributed by atoms with van der Waals surface area (Å²) in [6, 6.07) is 1.95. The molecule has 0 N–H and O–H groups in total. The lowest BCUT2D eigenvalue weighted by Crippen LogP contribution is -2.24. The summed E-state index contributed by atoms with van der Waals surface area (Å²) in [5.41, 5.74) is 0.491. The highest BCUT2D eigenvalue weighted by Crippen LogP contribution is 2.11. The molecule has 1 aromatic heterocycles. The maximum Gasteiger partial charge on any atom is 0.499 e. The van der Waals surface area contributed by atoms with Crippen LogP contribution in [0.3, 0.4) is 0 Å². The summed E-state index contributed by atoms with van der Waals surface area (Å²) in [7, 11) is 0. The van der Waals surface area contributed by atoms with Crippen LogP contribution in [0.1, 0.15) is 18.5 Å². The summed E-state index contributed by atoms with van der Waals surface area (Å²) in [5.74, 6) is 0. The molecule has 1 aromatic rings. The second kappa shape index (κ2) is 4.82. The number of hydrogen-bond acceptors (Lipinski definition) is 3. The van der Waals surface area contributed by atoms with Crippen LogP contribution in [0.15, 0.2) is 6.20 Å². The quantitative estimate of drug-likeness (QED) is 0.554. The Balaban J connectivity index is 2.46. The molecule has 0 saturated heterocycles. The fourth-order valence-corrected chi connectivity index (χ4v) is 1.10. The summed E-state index contributed by atoms with van der Waals surface area (Å²) in [4.78, 5) is 0. The lowest BCUT2D eigenvalue weighted by Gasteiger charge is -2.11. The lowest BCUT2D eigenvalue weighted by molar-refractivity contribution is 0.433. The third-order valence-corrected chi connectivity index (χ3v) is 1.70. The summed E-state index contributed by atoms with van der Waals surface area (Å²) < 4.78 is 36.7. The monoisotopic (exact) mass is 217 g/mol. The van der Waals surface area contributed by atoms with E-state index < -0.39 is 13.4 Å². The normalized spacial score (nSPS) is 11.3. The molecule has 8 heteroatoms. The maximum absolute atomic E-state index is 12.0. The molecule has 1 rings (SSSR count). The molecule has 0 saturated carbocycles. The van der Waals surface area contributed by atoms with Crippen LogP contribution in [0.5, 0.6) is 0 Å². The number of aromatic nitrogens is 3. The average molecular weight is 217 g/mol. The van der Waals surface area contributed by atoms with Gasteiger partial charge >= 0.3 is 6.98 Å². The molecule has 1 heterocycles. The van der Waals surface area contributed by atoms with Crippen LogP contribution in [-0.4, -0.2) is 22.0 Å². The van der Waals surface area contributed by atoms with E-state index in [-0.39, 0.29) is 0 Å². The molecule has 0 aliphatic heterocycles. The molecule has 15 heavy (non-hydrogen) atoms. The first-order valence-electron chi connectivity index (χ1n) is 4.48. The number of rotatable bonds is 5. The van der Waals surface area contributed by atoms with Gasteiger partial charge in [0.1, 0.15) is 0 Å². The van der Waals surface area contributed by atoms with E-state index in [0.29, 0.717) is 25.0 Å². The summed E-state index contributed by atoms with van der Waals surface area (Å²) in [5, 5.41) is 15.2. The number of halogens is 3. The molecule has 4 nitrogen and oxygen atoms in total. The van der Waals surface area contributed by atoms with Gasteiger partial charge in [-0.2, -0.15) is 5.26 Å². The highest BCUT2D eigenvalue weighted by Gasteiger charge is 2.24. The number of aryl methyl sites for hydroxylation is 1. The number of nitrogens with zero attached hydrogens (tertiary/aromatic N) is 4. The number of nitriles is 1. The second-order valence-corrected chi connectivity index (χ2v) is 3.15. The van der Waals surface area contributed by atoms with Crippen LogP contribution >= 0.6 is 0 Å². The Labute approximate surface area is 84.7 Å². The standard InChI is InChI=1S/C7H9BF3N4/c9-8(10,11)6-15-5-7(13-14-15)3-1-2-4-12/h5H,1-3,6H2/q-1. The van der Waals surface area contributed by atoms with Crippen LogP contribution in [0.4, 0.5) is 12.9 Å². The second-order valence-electron chi connectivity index (χ2n) is 3.15. The first-order valence-corrected chi connectivity index (χ1v) is 4.48. The molecule has 0 aromatic carbocycles. The van der Waals surface area contributed by atoms with Crippen molar-refractivity contribution in [2.45, 2.75) is 25.7 Å². The number of hydrogen-bond donors (Lipinski definition) is 0. The maximum atomic E-state index is 12.0. The van der Waals surface area contributed by atoms with Gasteiger partial charge in [-0.25, -0.2) is 0 Å². The third kappa shape index (κ3) is 4.49. The number of unbranched alkanes of at least 4 members (excludes halogenated alkanes) is 1. The van der Waals surface area contributed by atoms with Crippen LogP contribution in [0, 0.1) is 11.3 Å². The molecule has 0 spiro atoms. The molecule has 0 fully saturated rings. The van der Waals surface area contributed by atoms with Gasteiger partial charge in [0.15, 0.2) is 0 Å². The van der Waals surface area contributed by atoms with Gasteiger partial charge in [-0.05, 0) is 12.8 Å². The van der Waals surface area contributed by atoms with Gasteiger partial charge in [0.2, 0.25) is 0 Å². The van der Waals surface area contributed by atoms with Gasteiger partial charge in [0.25, 0.3) is 0 Å². The Kier molecular flexibility index (Phi) is 3.71. The van der Waals surface area contributed by atoms with E-state index in [1.807, 2.05) is 6.07 Å². The molecule has 0 atom stereocenters. The van der Waals surface area contributed by atoms with Crippen LogP contribution in [0.2, 0.25) is 0 Å². The zero-order valence-electron chi connectivity index (χ0n) is 7.91. The zero-order chi connectivity index (χ0) is 11.3. The van der Waals surface area contributed by atoms with E-state index in [2.05, 4.69) is 10.3 Å². The van der Waals surface area contributed by atoms with Crippen molar-refractivity contribution in [3.8, 4) is 6.07 Å². The van der Waals surface area contributed by atoms with E-state index in [1.165, 1.54) is 6.20 Å². The Morgan fingerprint density at radius 1 is 1.47 bits per heavy atom. The van der Waals surface area contributed by atoms with Crippen molar-refractivity contribution in [1.29, 1.82) is 5.26 Å². The smallest absolute Gasteiger partial charge is 0.448 e. The topological polar surface area (TPSA) is 54.5 Å². The molecule has 0 unspecified atom stereocenters. The van der Waals surface area contributed by atoms with Crippen LogP contribution in [0.25, 0.3) is 0 Å². The summed E-state index contributed by atoms with van der Waals surface area (Å²) in [6.45, 7) is -4.88. The Hall–Kier alpha value is -1.52. The lowest BCUT2D eigenvalue weighted by atomic mass is 9.93. The molecule has 82 valence electrons. The first kappa shape index (κ1) is 11.6. The predicted molar refractivity (Wildman–Crippen MR) is 47.7 cm³/mol. The molecular formula is C7H9BF3N4-. The van der Waals surface area contributed by atoms with Gasteiger partial charge in [0.05, 0.1) is 11.8 Å². The van der Waals surface area contributed by atoms with E-state index in [0.717, 1.165) is 4.68 Å². The molecular weight excluding hydrogens is 208 g/mol. The molecule has 0 aliphatic rings. The summed E-state index contributed by atoms with van der Waals surface area (Å²) >= 11 is 0. The fourth-order valence-electron chi connectivity index (χ4n) is 1.10. The van der Waals surface area contributed by atoms with Crippen molar-refractivity contribution in [1.82, 2.24) is 15.0 Å². The average Bonchev–Trinajstić information content (AvgIpc) is 2.50. The Morgan fingerprint density at radius 3 is 2.80 bits per heavy atom. The molecule has 0 bridgehead atoms. The van der Waals surface area contributed by atoms with Gasteiger partial charge in [0, 0.05) is 19.1 Å². The minimum atomic E-state index is -4.88. The van der Waals surface area contributed by atoms with Crippen molar-refractivity contribution in [3.05, 3.63) is 11.9 Å². The van der Waals surface area contributed by atoms with Crippen LogP contribution in [-0.2, 0) is 12.9 Å². The van der Waals surface area contributed by atoms with Crippen molar-refractivity contribution in [2.24, 2.45) is 0 Å².